The highest BCUT2D eigenvalue weighted by molar-refractivity contribution is 6.10. The van der Waals surface area contributed by atoms with Gasteiger partial charge in [-0.15, -0.1) is 0 Å². The van der Waals surface area contributed by atoms with Crippen molar-refractivity contribution in [2.75, 3.05) is 6.61 Å². The Morgan fingerprint density at radius 2 is 1.65 bits per heavy atom. The smallest absolute Gasteiger partial charge is 0.340 e. The Hall–Kier alpha value is -3.27. The van der Waals surface area contributed by atoms with Crippen molar-refractivity contribution in [1.82, 2.24) is 9.55 Å². The van der Waals surface area contributed by atoms with E-state index in [1.807, 2.05) is 38.1 Å². The Balaban J connectivity index is 2.07. The van der Waals surface area contributed by atoms with Crippen LogP contribution in [0.2, 0.25) is 0 Å². The van der Waals surface area contributed by atoms with Gasteiger partial charge in [-0.3, -0.25) is 0 Å². The Labute approximate surface area is 183 Å². The summed E-state index contributed by atoms with van der Waals surface area (Å²) < 4.78 is 7.79. The molecule has 0 amide bonds. The summed E-state index contributed by atoms with van der Waals surface area (Å²) in [5.74, 6) is -0.252. The van der Waals surface area contributed by atoms with E-state index in [-0.39, 0.29) is 5.97 Å². The number of benzene rings is 2. The lowest BCUT2D eigenvalue weighted by Crippen LogP contribution is -2.08. The molecule has 2 heterocycles. The Kier molecular flexibility index (Phi) is 5.99. The molecule has 0 saturated heterocycles. The molecular formula is C27H30N2O2. The lowest BCUT2D eigenvalue weighted by atomic mass is 9.95. The molecule has 2 aromatic heterocycles. The number of carbonyl (C=O) groups is 1. The van der Waals surface area contributed by atoms with Gasteiger partial charge in [0.25, 0.3) is 0 Å². The molecule has 0 atom stereocenters. The topological polar surface area (TPSA) is 47.0 Å². The average molecular weight is 415 g/mol. The second kappa shape index (κ2) is 8.84. The van der Waals surface area contributed by atoms with Crippen LogP contribution in [0.15, 0.2) is 54.6 Å². The minimum Gasteiger partial charge on any atom is -0.462 e. The maximum atomic E-state index is 13.2. The van der Waals surface area contributed by atoms with Crippen molar-refractivity contribution in [3.05, 3.63) is 71.5 Å². The SMILES string of the molecule is CCCCn1c(C)c(C(=O)OCC)c(-c2c(-c3ccccc3)[nH]c3ccccc23)c1C. The molecule has 0 saturated carbocycles. The van der Waals surface area contributed by atoms with Crippen LogP contribution in [0.25, 0.3) is 33.3 Å². The molecule has 0 aliphatic carbocycles. The van der Waals surface area contributed by atoms with E-state index in [4.69, 9.17) is 4.74 Å². The minimum atomic E-state index is -0.252. The molecule has 160 valence electrons. The highest BCUT2D eigenvalue weighted by Crippen LogP contribution is 2.43. The summed E-state index contributed by atoms with van der Waals surface area (Å²) >= 11 is 0. The first-order valence-corrected chi connectivity index (χ1v) is 11.1. The van der Waals surface area contributed by atoms with Crippen molar-refractivity contribution in [2.24, 2.45) is 0 Å². The molecule has 0 aliphatic rings. The van der Waals surface area contributed by atoms with Crippen LogP contribution in [0.1, 0.15) is 48.4 Å². The molecule has 0 fully saturated rings. The zero-order valence-corrected chi connectivity index (χ0v) is 18.8. The molecule has 0 radical (unpaired) electrons. The van der Waals surface area contributed by atoms with Crippen molar-refractivity contribution in [1.29, 1.82) is 0 Å². The molecule has 0 bridgehead atoms. The molecule has 31 heavy (non-hydrogen) atoms. The van der Waals surface area contributed by atoms with Gasteiger partial charge in [0.05, 0.1) is 17.9 Å². The van der Waals surface area contributed by atoms with E-state index in [0.717, 1.165) is 64.1 Å². The number of nitrogens with one attached hydrogen (secondary N) is 1. The molecule has 4 rings (SSSR count). The number of aromatic nitrogens is 2. The molecule has 4 aromatic rings. The number of rotatable bonds is 7. The summed E-state index contributed by atoms with van der Waals surface area (Å²) in [5, 5.41) is 1.11. The van der Waals surface area contributed by atoms with Gasteiger partial charge >= 0.3 is 5.97 Å². The summed E-state index contributed by atoms with van der Waals surface area (Å²) in [6.45, 7) is 9.45. The number of esters is 1. The van der Waals surface area contributed by atoms with Crippen LogP contribution in [0.4, 0.5) is 0 Å². The second-order valence-corrected chi connectivity index (χ2v) is 7.93. The van der Waals surface area contributed by atoms with E-state index in [1.165, 1.54) is 0 Å². The number of hydrogen-bond acceptors (Lipinski definition) is 2. The summed E-state index contributed by atoms with van der Waals surface area (Å²) in [7, 11) is 0. The van der Waals surface area contributed by atoms with Crippen LogP contribution in [-0.2, 0) is 11.3 Å². The fourth-order valence-corrected chi connectivity index (χ4v) is 4.52. The van der Waals surface area contributed by atoms with Crippen LogP contribution in [0, 0.1) is 13.8 Å². The third-order valence-electron chi connectivity index (χ3n) is 6.02. The fourth-order valence-electron chi connectivity index (χ4n) is 4.52. The van der Waals surface area contributed by atoms with E-state index >= 15 is 0 Å². The highest BCUT2D eigenvalue weighted by atomic mass is 16.5. The molecule has 0 spiro atoms. The van der Waals surface area contributed by atoms with Crippen molar-refractivity contribution in [3.8, 4) is 22.4 Å². The number of aromatic amines is 1. The van der Waals surface area contributed by atoms with Crippen molar-refractivity contribution < 1.29 is 9.53 Å². The van der Waals surface area contributed by atoms with Gasteiger partial charge in [-0.05, 0) is 38.8 Å². The van der Waals surface area contributed by atoms with Crippen molar-refractivity contribution >= 4 is 16.9 Å². The number of H-pyrrole nitrogens is 1. The van der Waals surface area contributed by atoms with Gasteiger partial charge in [0.1, 0.15) is 0 Å². The Morgan fingerprint density at radius 1 is 0.935 bits per heavy atom. The third-order valence-corrected chi connectivity index (χ3v) is 6.02. The first-order valence-electron chi connectivity index (χ1n) is 11.1. The highest BCUT2D eigenvalue weighted by Gasteiger charge is 2.28. The van der Waals surface area contributed by atoms with Crippen LogP contribution < -0.4 is 0 Å². The molecule has 2 aromatic carbocycles. The lowest BCUT2D eigenvalue weighted by molar-refractivity contribution is 0.0526. The lowest BCUT2D eigenvalue weighted by Gasteiger charge is -2.10. The second-order valence-electron chi connectivity index (χ2n) is 7.93. The van der Waals surface area contributed by atoms with Gasteiger partial charge in [-0.2, -0.15) is 0 Å². The first-order chi connectivity index (χ1) is 15.1. The molecular weight excluding hydrogens is 384 g/mol. The maximum Gasteiger partial charge on any atom is 0.340 e. The van der Waals surface area contributed by atoms with Gasteiger partial charge in [0.15, 0.2) is 0 Å². The number of unbranched alkanes of at least 4 members (excludes halogenated alkanes) is 1. The van der Waals surface area contributed by atoms with Crippen LogP contribution in [-0.4, -0.2) is 22.1 Å². The van der Waals surface area contributed by atoms with Crippen LogP contribution in [0.3, 0.4) is 0 Å². The number of carbonyl (C=O) groups excluding carboxylic acids is 1. The van der Waals surface area contributed by atoms with E-state index in [9.17, 15) is 4.79 Å². The summed E-state index contributed by atoms with van der Waals surface area (Å²) in [6, 6.07) is 18.6. The van der Waals surface area contributed by atoms with Crippen molar-refractivity contribution in [2.45, 2.75) is 47.1 Å². The van der Waals surface area contributed by atoms with Gasteiger partial charge in [-0.25, -0.2) is 4.79 Å². The van der Waals surface area contributed by atoms with E-state index < -0.39 is 0 Å². The van der Waals surface area contributed by atoms with Crippen molar-refractivity contribution in [3.63, 3.8) is 0 Å². The molecule has 1 N–H and O–H groups in total. The van der Waals surface area contributed by atoms with E-state index in [0.29, 0.717) is 12.2 Å². The third kappa shape index (κ3) is 3.67. The fraction of sp³-hybridized carbons (Fsp3) is 0.296. The Bertz CT molecular complexity index is 1220. The molecule has 4 nitrogen and oxygen atoms in total. The van der Waals surface area contributed by atoms with Gasteiger partial charge in [0, 0.05) is 40.0 Å². The summed E-state index contributed by atoms with van der Waals surface area (Å²) in [6.07, 6.45) is 2.17. The van der Waals surface area contributed by atoms with E-state index in [1.54, 1.807) is 0 Å². The monoisotopic (exact) mass is 414 g/mol. The standard InChI is InChI=1S/C27H30N2O2/c1-5-7-17-29-18(3)23(24(19(29)4)27(30)31-6-2)25-21-15-11-12-16-22(21)28-26(25)20-13-9-8-10-14-20/h8-16,28H,5-7,17H2,1-4H3. The molecule has 4 heteroatoms. The zero-order chi connectivity index (χ0) is 22.0. The average Bonchev–Trinajstić information content (AvgIpc) is 3.28. The molecule has 0 aliphatic heterocycles. The number of ether oxygens (including phenoxy) is 1. The predicted molar refractivity (Wildman–Crippen MR) is 127 cm³/mol. The summed E-state index contributed by atoms with van der Waals surface area (Å²) in [4.78, 5) is 16.8. The maximum absolute atomic E-state index is 13.2. The van der Waals surface area contributed by atoms with E-state index in [2.05, 4.69) is 53.7 Å². The Morgan fingerprint density at radius 3 is 2.35 bits per heavy atom. The normalized spacial score (nSPS) is 11.2. The number of nitrogens with zero attached hydrogens (tertiary/aromatic N) is 1. The van der Waals surface area contributed by atoms with Gasteiger partial charge in [-0.1, -0.05) is 61.9 Å². The predicted octanol–water partition coefficient (Wildman–Crippen LogP) is 6.90. The van der Waals surface area contributed by atoms with Crippen LogP contribution in [0.5, 0.6) is 0 Å². The van der Waals surface area contributed by atoms with Gasteiger partial charge < -0.3 is 14.3 Å². The molecule has 0 unspecified atom stereocenters. The number of hydrogen-bond donors (Lipinski definition) is 1. The number of fused-ring (bicyclic) bond motifs is 1. The minimum absolute atomic E-state index is 0.252. The first kappa shape index (κ1) is 21.0. The van der Waals surface area contributed by atoms with Gasteiger partial charge in [0.2, 0.25) is 0 Å². The number of para-hydroxylation sites is 1. The van der Waals surface area contributed by atoms with Crippen LogP contribution >= 0.6 is 0 Å². The largest absolute Gasteiger partial charge is 0.462 e. The quantitative estimate of drug-likeness (QED) is 0.334. The summed E-state index contributed by atoms with van der Waals surface area (Å²) in [5.41, 5.74) is 8.00. The zero-order valence-electron chi connectivity index (χ0n) is 18.8.